The van der Waals surface area contributed by atoms with Gasteiger partial charge in [0.15, 0.2) is 17.5 Å². The second kappa shape index (κ2) is 14.3. The molecule has 1 aliphatic heterocycles. The molecule has 0 atom stereocenters. The van der Waals surface area contributed by atoms with E-state index in [0.29, 0.717) is 17.5 Å². The molecule has 0 saturated carbocycles. The Morgan fingerprint density at radius 3 is 1.39 bits per heavy atom. The van der Waals surface area contributed by atoms with Crippen molar-refractivity contribution in [2.75, 3.05) is 0 Å². The zero-order valence-corrected chi connectivity index (χ0v) is 34.5. The van der Waals surface area contributed by atoms with Crippen LogP contribution < -0.4 is 4.74 Å². The van der Waals surface area contributed by atoms with E-state index in [1.807, 2.05) is 60.7 Å². The van der Waals surface area contributed by atoms with Crippen molar-refractivity contribution in [1.82, 2.24) is 19.9 Å². The van der Waals surface area contributed by atoms with Gasteiger partial charge in [0, 0.05) is 44.2 Å². The molecule has 2 aliphatic rings. The minimum atomic E-state index is -0.586. The molecule has 0 unspecified atom stereocenters. The van der Waals surface area contributed by atoms with Crippen molar-refractivity contribution in [2.24, 2.45) is 0 Å². The molecule has 0 radical (unpaired) electrons. The Morgan fingerprint density at radius 1 is 0.297 bits per heavy atom. The Hall–Kier alpha value is -8.54. The number of pyridine rings is 1. The molecule has 11 aromatic rings. The Morgan fingerprint density at radius 2 is 0.781 bits per heavy atom. The first-order chi connectivity index (χ1) is 31.7. The molecule has 13 rings (SSSR count). The van der Waals surface area contributed by atoms with Crippen LogP contribution in [0.5, 0.6) is 11.5 Å². The molecule has 1 aliphatic carbocycles. The molecule has 5 nitrogen and oxygen atoms in total. The van der Waals surface area contributed by atoms with Crippen LogP contribution in [0.15, 0.2) is 218 Å². The highest BCUT2D eigenvalue weighted by Crippen LogP contribution is 2.62. The SMILES string of the molecule is c1ccc(-c2nc(-c3ccccc3)nc(-c3ccc(-c4ccc5nc(-c6ccccc6)c6cc7c(cc6c5c4)C4(c5ccccc5Oc5ccccc54)c4ccccc4-7)cc3)n2)cc1. The van der Waals surface area contributed by atoms with E-state index in [9.17, 15) is 0 Å². The molecule has 0 bridgehead atoms. The van der Waals surface area contributed by atoms with Crippen molar-refractivity contribution in [1.29, 1.82) is 0 Å². The molecule has 9 aromatic carbocycles. The van der Waals surface area contributed by atoms with Crippen LogP contribution in [-0.2, 0) is 5.41 Å². The summed E-state index contributed by atoms with van der Waals surface area (Å²) in [5.74, 6) is 3.66. The first-order valence-electron chi connectivity index (χ1n) is 21.6. The number of hydrogen-bond acceptors (Lipinski definition) is 5. The number of aromatic nitrogens is 4. The van der Waals surface area contributed by atoms with E-state index in [1.54, 1.807) is 0 Å². The Balaban J connectivity index is 1.01. The zero-order valence-electron chi connectivity index (χ0n) is 34.5. The van der Waals surface area contributed by atoms with Gasteiger partial charge in [0.05, 0.1) is 16.6 Å². The van der Waals surface area contributed by atoms with Crippen molar-refractivity contribution in [3.63, 3.8) is 0 Å². The third kappa shape index (κ3) is 5.51. The number of rotatable bonds is 5. The lowest BCUT2D eigenvalue weighted by Gasteiger charge is -2.39. The van der Waals surface area contributed by atoms with Gasteiger partial charge in [-0.25, -0.2) is 19.9 Å². The summed E-state index contributed by atoms with van der Waals surface area (Å²) in [4.78, 5) is 20.3. The number of benzene rings is 9. The summed E-state index contributed by atoms with van der Waals surface area (Å²) in [6, 6.07) is 76.8. The molecule has 0 saturated heterocycles. The van der Waals surface area contributed by atoms with Gasteiger partial charge in [0.1, 0.15) is 11.5 Å². The second-order valence-electron chi connectivity index (χ2n) is 16.5. The molecular formula is C59H36N4O. The maximum absolute atomic E-state index is 6.66. The number of nitrogens with zero attached hydrogens (tertiary/aromatic N) is 4. The first-order valence-corrected chi connectivity index (χ1v) is 21.6. The smallest absolute Gasteiger partial charge is 0.164 e. The van der Waals surface area contributed by atoms with Gasteiger partial charge < -0.3 is 4.74 Å². The fraction of sp³-hybridized carbons (Fsp3) is 0.0169. The molecule has 0 N–H and O–H groups in total. The van der Waals surface area contributed by atoms with E-state index in [0.717, 1.165) is 83.4 Å². The molecular weight excluding hydrogens is 781 g/mol. The van der Waals surface area contributed by atoms with Crippen molar-refractivity contribution in [3.8, 4) is 79.2 Å². The van der Waals surface area contributed by atoms with Gasteiger partial charge in [-0.2, -0.15) is 0 Å². The predicted octanol–water partition coefficient (Wildman–Crippen LogP) is 14.4. The first kappa shape index (κ1) is 36.1. The average Bonchev–Trinajstić information content (AvgIpc) is 3.65. The molecule has 0 amide bonds. The highest BCUT2D eigenvalue weighted by Gasteiger charge is 2.51. The van der Waals surface area contributed by atoms with Crippen LogP contribution in [0.3, 0.4) is 0 Å². The van der Waals surface area contributed by atoms with Gasteiger partial charge in [0.2, 0.25) is 0 Å². The topological polar surface area (TPSA) is 60.8 Å². The van der Waals surface area contributed by atoms with Crippen LogP contribution in [-0.4, -0.2) is 19.9 Å². The third-order valence-corrected chi connectivity index (χ3v) is 13.0. The fourth-order valence-electron chi connectivity index (χ4n) is 10.1. The lowest BCUT2D eigenvalue weighted by Crippen LogP contribution is -2.32. The van der Waals surface area contributed by atoms with Crippen LogP contribution in [0, 0.1) is 0 Å². The predicted molar refractivity (Wildman–Crippen MR) is 257 cm³/mol. The van der Waals surface area contributed by atoms with Gasteiger partial charge in [-0.15, -0.1) is 0 Å². The fourth-order valence-corrected chi connectivity index (χ4v) is 10.1. The van der Waals surface area contributed by atoms with Crippen LogP contribution in [0.2, 0.25) is 0 Å². The highest BCUT2D eigenvalue weighted by molar-refractivity contribution is 6.14. The van der Waals surface area contributed by atoms with Crippen LogP contribution in [0.1, 0.15) is 22.3 Å². The van der Waals surface area contributed by atoms with Crippen LogP contribution in [0.4, 0.5) is 0 Å². The van der Waals surface area contributed by atoms with Gasteiger partial charge >= 0.3 is 0 Å². The number of fused-ring (bicyclic) bond motifs is 12. The number of ether oxygens (including phenoxy) is 1. The summed E-state index contributed by atoms with van der Waals surface area (Å²) < 4.78 is 6.66. The molecule has 3 heterocycles. The zero-order chi connectivity index (χ0) is 42.2. The van der Waals surface area contributed by atoms with Gasteiger partial charge in [-0.3, -0.25) is 0 Å². The summed E-state index contributed by atoms with van der Waals surface area (Å²) >= 11 is 0. The lowest BCUT2D eigenvalue weighted by atomic mass is 9.66. The molecule has 5 heteroatoms. The Labute approximate surface area is 370 Å². The Bertz CT molecular complexity index is 3520. The molecule has 0 fully saturated rings. The minimum absolute atomic E-state index is 0.586. The van der Waals surface area contributed by atoms with Gasteiger partial charge in [0.25, 0.3) is 0 Å². The van der Waals surface area contributed by atoms with Crippen molar-refractivity contribution < 1.29 is 4.74 Å². The van der Waals surface area contributed by atoms with Gasteiger partial charge in [-0.1, -0.05) is 182 Å². The van der Waals surface area contributed by atoms with E-state index in [1.165, 1.54) is 22.3 Å². The van der Waals surface area contributed by atoms with Crippen LogP contribution >= 0.6 is 0 Å². The summed E-state index contributed by atoms with van der Waals surface area (Å²) in [6.45, 7) is 0. The summed E-state index contributed by atoms with van der Waals surface area (Å²) in [7, 11) is 0. The molecule has 2 aromatic heterocycles. The highest BCUT2D eigenvalue weighted by atomic mass is 16.5. The summed E-state index contributed by atoms with van der Waals surface area (Å²) in [5, 5.41) is 3.36. The molecule has 1 spiro atoms. The average molecular weight is 817 g/mol. The van der Waals surface area contributed by atoms with Gasteiger partial charge in [-0.05, 0) is 75.2 Å². The van der Waals surface area contributed by atoms with E-state index >= 15 is 0 Å². The minimum Gasteiger partial charge on any atom is -0.457 e. The largest absolute Gasteiger partial charge is 0.457 e. The standard InChI is InChI=1S/C59H36N4O/c1-4-16-38(17-5-1)55-47-35-45-43-22-10-11-23-48(43)59(49-24-12-14-26-53(49)64-54-27-15-13-25-50(54)59)51(45)36-44(47)46-34-42(32-33-52(46)60-55)37-28-30-41(31-29-37)58-62-56(39-18-6-2-7-19-39)61-57(63-58)40-20-8-3-9-21-40/h1-36H. The number of para-hydroxylation sites is 2. The number of hydrogen-bond donors (Lipinski definition) is 0. The van der Waals surface area contributed by atoms with Crippen LogP contribution in [0.25, 0.3) is 89.4 Å². The Kier molecular flexibility index (Phi) is 8.06. The van der Waals surface area contributed by atoms with Crippen molar-refractivity contribution in [3.05, 3.63) is 241 Å². The van der Waals surface area contributed by atoms with Crippen molar-refractivity contribution in [2.45, 2.75) is 5.41 Å². The monoisotopic (exact) mass is 816 g/mol. The summed E-state index contributed by atoms with van der Waals surface area (Å²) in [6.07, 6.45) is 0. The molecule has 64 heavy (non-hydrogen) atoms. The maximum atomic E-state index is 6.66. The third-order valence-electron chi connectivity index (χ3n) is 13.0. The normalized spacial score (nSPS) is 12.9. The lowest BCUT2D eigenvalue weighted by molar-refractivity contribution is 0.436. The van der Waals surface area contributed by atoms with Crippen molar-refractivity contribution >= 4 is 21.7 Å². The van der Waals surface area contributed by atoms with E-state index in [4.69, 9.17) is 24.7 Å². The second-order valence-corrected chi connectivity index (χ2v) is 16.5. The quantitative estimate of drug-likeness (QED) is 0.162. The maximum Gasteiger partial charge on any atom is 0.164 e. The molecule has 298 valence electrons. The van der Waals surface area contributed by atoms with E-state index in [2.05, 4.69) is 158 Å². The van der Waals surface area contributed by atoms with E-state index < -0.39 is 5.41 Å². The van der Waals surface area contributed by atoms with E-state index in [-0.39, 0.29) is 0 Å². The summed E-state index contributed by atoms with van der Waals surface area (Å²) in [5.41, 5.74) is 14.6.